The maximum atomic E-state index is 10.1. The van der Waals surface area contributed by atoms with Crippen LogP contribution < -0.4 is 0 Å². The summed E-state index contributed by atoms with van der Waals surface area (Å²) in [4.78, 5) is 0. The van der Waals surface area contributed by atoms with Gasteiger partial charge in [-0.3, -0.25) is 0 Å². The highest BCUT2D eigenvalue weighted by Crippen LogP contribution is 2.40. The predicted octanol–water partition coefficient (Wildman–Crippen LogP) is 3.09. The molecule has 0 fully saturated rings. The van der Waals surface area contributed by atoms with E-state index in [1.807, 2.05) is 26.0 Å². The molecule has 0 heterocycles. The molecule has 1 rings (SSSR count). The largest absolute Gasteiger partial charge is 0.371 e. The Morgan fingerprint density at radius 3 is 2.46 bits per heavy atom. The van der Waals surface area contributed by atoms with Crippen LogP contribution in [0.25, 0.3) is 0 Å². The summed E-state index contributed by atoms with van der Waals surface area (Å²) in [5, 5.41) is 8.91. The molecule has 0 aliphatic heterocycles. The molecule has 0 aromatic carbocycles. The summed E-state index contributed by atoms with van der Waals surface area (Å²) < 4.78 is 0. The van der Waals surface area contributed by atoms with Gasteiger partial charge in [-0.25, -0.2) is 0 Å². The van der Waals surface area contributed by atoms with Crippen LogP contribution in [0, 0.1) is 11.8 Å². The van der Waals surface area contributed by atoms with Crippen molar-refractivity contribution >= 4 is 11.6 Å². The molecule has 13 heavy (non-hydrogen) atoms. The van der Waals surface area contributed by atoms with Crippen molar-refractivity contribution in [2.24, 2.45) is 11.8 Å². The molecule has 2 atom stereocenters. The number of allylic oxidation sites excluding steroid dienone is 2. The second kappa shape index (κ2) is 3.47. The molecule has 1 nitrogen and oxygen atoms in total. The molecule has 1 aliphatic rings. The maximum absolute atomic E-state index is 10.1. The standard InChI is InChI=1S/C11H17ClO/c1-7(2)10-6-5-8(3)9(4)11(10,12)13/h5-7,10,13H,1-4H3. The van der Waals surface area contributed by atoms with Gasteiger partial charge in [0.1, 0.15) is 0 Å². The summed E-state index contributed by atoms with van der Waals surface area (Å²) in [6.45, 7) is 7.99. The highest BCUT2D eigenvalue weighted by atomic mass is 35.5. The van der Waals surface area contributed by atoms with Crippen molar-refractivity contribution < 1.29 is 5.11 Å². The Hall–Kier alpha value is -0.270. The lowest BCUT2D eigenvalue weighted by atomic mass is 9.81. The van der Waals surface area contributed by atoms with E-state index in [1.54, 1.807) is 0 Å². The van der Waals surface area contributed by atoms with E-state index >= 15 is 0 Å². The van der Waals surface area contributed by atoms with E-state index in [2.05, 4.69) is 13.8 Å². The van der Waals surface area contributed by atoms with Gasteiger partial charge in [0, 0.05) is 5.92 Å². The molecular formula is C11H17ClO. The van der Waals surface area contributed by atoms with Gasteiger partial charge in [-0.1, -0.05) is 37.6 Å². The zero-order chi connectivity index (χ0) is 10.2. The molecule has 1 aliphatic carbocycles. The second-order valence-corrected chi connectivity index (χ2v) is 4.69. The normalized spacial score (nSPS) is 34.5. The number of aliphatic hydroxyl groups is 1. The summed E-state index contributed by atoms with van der Waals surface area (Å²) in [5.41, 5.74) is 1.93. The number of hydrogen-bond acceptors (Lipinski definition) is 1. The smallest absolute Gasteiger partial charge is 0.167 e. The Bertz CT molecular complexity index is 261. The van der Waals surface area contributed by atoms with E-state index in [1.165, 1.54) is 0 Å². The minimum absolute atomic E-state index is 0.0119. The zero-order valence-electron chi connectivity index (χ0n) is 8.63. The summed E-state index contributed by atoms with van der Waals surface area (Å²) in [6, 6.07) is 0. The number of hydrogen-bond donors (Lipinski definition) is 1. The van der Waals surface area contributed by atoms with E-state index in [9.17, 15) is 5.11 Å². The second-order valence-electron chi connectivity index (χ2n) is 4.11. The lowest BCUT2D eigenvalue weighted by Crippen LogP contribution is -2.37. The molecule has 0 bridgehead atoms. The van der Waals surface area contributed by atoms with Crippen LogP contribution in [-0.4, -0.2) is 10.2 Å². The number of rotatable bonds is 1. The lowest BCUT2D eigenvalue weighted by molar-refractivity contribution is 0.0949. The first-order valence-corrected chi connectivity index (χ1v) is 5.02. The van der Waals surface area contributed by atoms with Crippen LogP contribution in [0.2, 0.25) is 0 Å². The van der Waals surface area contributed by atoms with Crippen LogP contribution in [0.3, 0.4) is 0 Å². The van der Waals surface area contributed by atoms with Crippen LogP contribution in [0.1, 0.15) is 27.7 Å². The monoisotopic (exact) mass is 200 g/mol. The topological polar surface area (TPSA) is 20.2 Å². The van der Waals surface area contributed by atoms with Gasteiger partial charge in [-0.05, 0) is 30.9 Å². The Morgan fingerprint density at radius 2 is 2.00 bits per heavy atom. The predicted molar refractivity (Wildman–Crippen MR) is 56.6 cm³/mol. The highest BCUT2D eigenvalue weighted by Gasteiger charge is 2.39. The van der Waals surface area contributed by atoms with E-state index in [4.69, 9.17) is 11.6 Å². The highest BCUT2D eigenvalue weighted by molar-refractivity contribution is 6.25. The van der Waals surface area contributed by atoms with Crippen molar-refractivity contribution in [2.75, 3.05) is 0 Å². The van der Waals surface area contributed by atoms with Crippen molar-refractivity contribution in [1.82, 2.24) is 0 Å². The number of alkyl halides is 1. The summed E-state index contributed by atoms with van der Waals surface area (Å²) in [5.74, 6) is 0.361. The minimum atomic E-state index is -1.19. The first-order chi connectivity index (χ1) is 5.87. The molecular weight excluding hydrogens is 184 g/mol. The van der Waals surface area contributed by atoms with Crippen molar-refractivity contribution in [3.8, 4) is 0 Å². The van der Waals surface area contributed by atoms with E-state index in [0.717, 1.165) is 11.1 Å². The van der Waals surface area contributed by atoms with E-state index < -0.39 is 5.06 Å². The maximum Gasteiger partial charge on any atom is 0.167 e. The molecule has 2 heteroatoms. The van der Waals surface area contributed by atoms with Gasteiger partial charge in [-0.2, -0.15) is 0 Å². The fraction of sp³-hybridized carbons (Fsp3) is 0.636. The van der Waals surface area contributed by atoms with Gasteiger partial charge >= 0.3 is 0 Å². The molecule has 0 amide bonds. The third-order valence-electron chi connectivity index (χ3n) is 2.83. The molecule has 0 saturated heterocycles. The van der Waals surface area contributed by atoms with Gasteiger partial charge in [-0.15, -0.1) is 0 Å². The Balaban J connectivity index is 3.05. The lowest BCUT2D eigenvalue weighted by Gasteiger charge is -2.35. The van der Waals surface area contributed by atoms with Crippen molar-refractivity contribution in [3.05, 3.63) is 23.3 Å². The van der Waals surface area contributed by atoms with Gasteiger partial charge in [0.15, 0.2) is 5.06 Å². The van der Waals surface area contributed by atoms with Gasteiger partial charge < -0.3 is 5.11 Å². The molecule has 1 N–H and O–H groups in total. The van der Waals surface area contributed by atoms with Crippen LogP contribution in [-0.2, 0) is 0 Å². The average Bonchev–Trinajstić information content (AvgIpc) is 1.99. The SMILES string of the molecule is CC1=C(C)C(O)(Cl)C(C(C)C)C=C1. The third-order valence-corrected chi connectivity index (χ3v) is 3.37. The molecule has 0 radical (unpaired) electrons. The Labute approximate surface area is 85.1 Å². The molecule has 74 valence electrons. The van der Waals surface area contributed by atoms with Crippen molar-refractivity contribution in [1.29, 1.82) is 0 Å². The van der Waals surface area contributed by atoms with Gasteiger partial charge in [0.2, 0.25) is 0 Å². The first-order valence-electron chi connectivity index (χ1n) is 4.64. The third kappa shape index (κ3) is 1.82. The van der Waals surface area contributed by atoms with Crippen LogP contribution >= 0.6 is 11.6 Å². The molecule has 0 aromatic heterocycles. The Kier molecular flexibility index (Phi) is 2.88. The fourth-order valence-electron chi connectivity index (χ4n) is 1.69. The van der Waals surface area contributed by atoms with Crippen LogP contribution in [0.15, 0.2) is 23.3 Å². The van der Waals surface area contributed by atoms with Gasteiger partial charge in [0.05, 0.1) is 0 Å². The van der Waals surface area contributed by atoms with Crippen LogP contribution in [0.5, 0.6) is 0 Å². The molecule has 0 aromatic rings. The summed E-state index contributed by atoms with van der Waals surface area (Å²) >= 11 is 6.12. The summed E-state index contributed by atoms with van der Waals surface area (Å²) in [7, 11) is 0. The summed E-state index contributed by atoms with van der Waals surface area (Å²) in [6.07, 6.45) is 4.04. The average molecular weight is 201 g/mol. The fourth-order valence-corrected chi connectivity index (χ4v) is 2.16. The first kappa shape index (κ1) is 10.8. The van der Waals surface area contributed by atoms with E-state index in [0.29, 0.717) is 5.92 Å². The van der Waals surface area contributed by atoms with E-state index in [-0.39, 0.29) is 5.92 Å². The molecule has 0 saturated carbocycles. The zero-order valence-corrected chi connectivity index (χ0v) is 9.39. The molecule has 2 unspecified atom stereocenters. The Morgan fingerprint density at radius 1 is 1.46 bits per heavy atom. The van der Waals surface area contributed by atoms with Crippen LogP contribution in [0.4, 0.5) is 0 Å². The van der Waals surface area contributed by atoms with Crippen molar-refractivity contribution in [2.45, 2.75) is 32.8 Å². The number of halogens is 1. The minimum Gasteiger partial charge on any atom is -0.371 e. The quantitative estimate of drug-likeness (QED) is 0.645. The van der Waals surface area contributed by atoms with Crippen molar-refractivity contribution in [3.63, 3.8) is 0 Å². The molecule has 0 spiro atoms. The van der Waals surface area contributed by atoms with Gasteiger partial charge in [0.25, 0.3) is 0 Å².